The van der Waals surface area contributed by atoms with E-state index >= 15 is 0 Å². The van der Waals surface area contributed by atoms with Gasteiger partial charge in [0.2, 0.25) is 0 Å². The van der Waals surface area contributed by atoms with Crippen molar-refractivity contribution < 1.29 is 4.74 Å². The molecule has 0 saturated carbocycles. The molecule has 0 radical (unpaired) electrons. The molecule has 18 heavy (non-hydrogen) atoms. The summed E-state index contributed by atoms with van der Waals surface area (Å²) in [6.45, 7) is 5.06. The minimum atomic E-state index is 0.133. The molecule has 2 atom stereocenters. The summed E-state index contributed by atoms with van der Waals surface area (Å²) in [5.74, 6) is 7.72. The number of hydrogen-bond acceptors (Lipinski definition) is 5. The lowest BCUT2D eigenvalue weighted by Gasteiger charge is -2.29. The number of nitrogens with two attached hydrogens (primary N) is 1. The fourth-order valence-electron chi connectivity index (χ4n) is 2.04. The molecule has 2 heterocycles. The fourth-order valence-corrected chi connectivity index (χ4v) is 2.98. The number of rotatable bonds is 5. The van der Waals surface area contributed by atoms with Crippen molar-refractivity contribution in [3.05, 3.63) is 18.0 Å². The Morgan fingerprint density at radius 1 is 1.67 bits per heavy atom. The van der Waals surface area contributed by atoms with Gasteiger partial charge < -0.3 is 4.74 Å². The zero-order valence-electron chi connectivity index (χ0n) is 11.0. The van der Waals surface area contributed by atoms with E-state index in [0.29, 0.717) is 6.04 Å². The molecule has 0 spiro atoms. The molecule has 1 aliphatic rings. The van der Waals surface area contributed by atoms with Crippen molar-refractivity contribution in [3.8, 4) is 0 Å². The summed E-state index contributed by atoms with van der Waals surface area (Å²) < 4.78 is 7.73. The maximum Gasteiger partial charge on any atom is 0.0835 e. The molecular formula is C12H22N4OS. The summed E-state index contributed by atoms with van der Waals surface area (Å²) in [5.41, 5.74) is 3.93. The molecule has 3 N–H and O–H groups in total. The van der Waals surface area contributed by atoms with Gasteiger partial charge in [0.1, 0.15) is 0 Å². The second kappa shape index (κ2) is 6.56. The van der Waals surface area contributed by atoms with E-state index in [2.05, 4.69) is 30.4 Å². The van der Waals surface area contributed by atoms with Crippen LogP contribution in [0.5, 0.6) is 0 Å². The van der Waals surface area contributed by atoms with Crippen LogP contribution in [-0.2, 0) is 11.2 Å². The predicted octanol–water partition coefficient (Wildman–Crippen LogP) is 0.970. The third-order valence-corrected chi connectivity index (χ3v) is 4.15. The Labute approximate surface area is 112 Å². The van der Waals surface area contributed by atoms with Crippen molar-refractivity contribution in [2.24, 2.45) is 5.84 Å². The summed E-state index contributed by atoms with van der Waals surface area (Å²) in [4.78, 5) is 0. The fraction of sp³-hybridized carbons (Fsp3) is 0.750. The zero-order chi connectivity index (χ0) is 13.0. The lowest BCUT2D eigenvalue weighted by Crippen LogP contribution is -2.49. The number of ether oxygens (including phenoxy) is 1. The SMILES string of the molecule is CC(C)n1ccc(CC(NN)C2CSCCO2)n1. The van der Waals surface area contributed by atoms with Crippen LogP contribution in [0, 0.1) is 0 Å². The molecule has 1 saturated heterocycles. The highest BCUT2D eigenvalue weighted by atomic mass is 32.2. The van der Waals surface area contributed by atoms with Crippen molar-refractivity contribution in [1.82, 2.24) is 15.2 Å². The molecule has 2 rings (SSSR count). The van der Waals surface area contributed by atoms with Gasteiger partial charge in [0.25, 0.3) is 0 Å². The van der Waals surface area contributed by atoms with Crippen LogP contribution in [0.2, 0.25) is 0 Å². The molecular weight excluding hydrogens is 248 g/mol. The zero-order valence-corrected chi connectivity index (χ0v) is 11.8. The Bertz CT molecular complexity index is 363. The molecule has 0 aromatic carbocycles. The summed E-state index contributed by atoms with van der Waals surface area (Å²) in [5, 5.41) is 4.55. The summed E-state index contributed by atoms with van der Waals surface area (Å²) >= 11 is 1.92. The van der Waals surface area contributed by atoms with Crippen LogP contribution in [0.4, 0.5) is 0 Å². The van der Waals surface area contributed by atoms with E-state index in [1.165, 1.54) is 0 Å². The van der Waals surface area contributed by atoms with E-state index in [9.17, 15) is 0 Å². The van der Waals surface area contributed by atoms with Gasteiger partial charge in [-0.1, -0.05) is 0 Å². The maximum atomic E-state index is 5.76. The molecule has 0 aliphatic carbocycles. The van der Waals surface area contributed by atoms with E-state index < -0.39 is 0 Å². The first kappa shape index (κ1) is 13.9. The number of hydrazine groups is 1. The van der Waals surface area contributed by atoms with Crippen LogP contribution in [0.3, 0.4) is 0 Å². The largest absolute Gasteiger partial charge is 0.375 e. The summed E-state index contributed by atoms with van der Waals surface area (Å²) in [6, 6.07) is 2.58. The van der Waals surface area contributed by atoms with Crippen LogP contribution in [0.15, 0.2) is 12.3 Å². The topological polar surface area (TPSA) is 65.1 Å². The van der Waals surface area contributed by atoms with Gasteiger partial charge in [-0.25, -0.2) is 0 Å². The Kier molecular flexibility index (Phi) is 5.05. The highest BCUT2D eigenvalue weighted by molar-refractivity contribution is 7.99. The average Bonchev–Trinajstić information content (AvgIpc) is 2.86. The van der Waals surface area contributed by atoms with Gasteiger partial charge in [-0.15, -0.1) is 0 Å². The first-order valence-corrected chi connectivity index (χ1v) is 7.55. The van der Waals surface area contributed by atoms with Crippen LogP contribution in [-0.4, -0.2) is 40.0 Å². The van der Waals surface area contributed by atoms with Crippen molar-refractivity contribution in [3.63, 3.8) is 0 Å². The van der Waals surface area contributed by atoms with Crippen LogP contribution >= 0.6 is 11.8 Å². The minimum absolute atomic E-state index is 0.133. The molecule has 0 bridgehead atoms. The van der Waals surface area contributed by atoms with Gasteiger partial charge in [0.05, 0.1) is 24.4 Å². The Hall–Kier alpha value is -0.560. The van der Waals surface area contributed by atoms with Gasteiger partial charge in [-0.3, -0.25) is 16.0 Å². The lowest BCUT2D eigenvalue weighted by molar-refractivity contribution is 0.0469. The van der Waals surface area contributed by atoms with Crippen LogP contribution in [0.25, 0.3) is 0 Å². The molecule has 5 nitrogen and oxygen atoms in total. The van der Waals surface area contributed by atoms with Crippen molar-refractivity contribution in [2.75, 3.05) is 18.1 Å². The molecule has 1 fully saturated rings. The number of nitrogens with zero attached hydrogens (tertiary/aromatic N) is 2. The number of thioether (sulfide) groups is 1. The number of nitrogens with one attached hydrogen (secondary N) is 1. The third kappa shape index (κ3) is 3.47. The van der Waals surface area contributed by atoms with E-state index in [0.717, 1.165) is 30.2 Å². The van der Waals surface area contributed by atoms with E-state index in [4.69, 9.17) is 10.6 Å². The standard InChI is InChI=1S/C12H22N4OS/c1-9(2)16-4-3-10(15-16)7-11(14-13)12-8-18-6-5-17-12/h3-4,9,11-12,14H,5-8,13H2,1-2H3. The van der Waals surface area contributed by atoms with Crippen LogP contribution in [0.1, 0.15) is 25.6 Å². The molecule has 1 aliphatic heterocycles. The number of aromatic nitrogens is 2. The Balaban J connectivity index is 1.95. The minimum Gasteiger partial charge on any atom is -0.375 e. The van der Waals surface area contributed by atoms with E-state index in [-0.39, 0.29) is 12.1 Å². The maximum absolute atomic E-state index is 5.76. The second-order valence-electron chi connectivity index (χ2n) is 4.84. The lowest BCUT2D eigenvalue weighted by atomic mass is 10.1. The average molecular weight is 270 g/mol. The highest BCUT2D eigenvalue weighted by Gasteiger charge is 2.24. The second-order valence-corrected chi connectivity index (χ2v) is 5.99. The van der Waals surface area contributed by atoms with Gasteiger partial charge in [-0.2, -0.15) is 16.9 Å². The first-order chi connectivity index (χ1) is 8.70. The monoisotopic (exact) mass is 270 g/mol. The van der Waals surface area contributed by atoms with Crippen molar-refractivity contribution >= 4 is 11.8 Å². The van der Waals surface area contributed by atoms with E-state index in [1.807, 2.05) is 22.6 Å². The van der Waals surface area contributed by atoms with Gasteiger partial charge in [0.15, 0.2) is 0 Å². The Morgan fingerprint density at radius 3 is 3.06 bits per heavy atom. The smallest absolute Gasteiger partial charge is 0.0835 e. The van der Waals surface area contributed by atoms with Gasteiger partial charge in [-0.05, 0) is 19.9 Å². The molecule has 6 heteroatoms. The molecule has 1 aromatic heterocycles. The summed E-state index contributed by atoms with van der Waals surface area (Å²) in [7, 11) is 0. The molecule has 1 aromatic rings. The summed E-state index contributed by atoms with van der Waals surface area (Å²) in [6.07, 6.45) is 3.00. The van der Waals surface area contributed by atoms with E-state index in [1.54, 1.807) is 0 Å². The Morgan fingerprint density at radius 2 is 2.50 bits per heavy atom. The normalized spacial score (nSPS) is 22.3. The van der Waals surface area contributed by atoms with Gasteiger partial charge in [0, 0.05) is 30.2 Å². The predicted molar refractivity (Wildman–Crippen MR) is 74.5 cm³/mol. The van der Waals surface area contributed by atoms with Crippen molar-refractivity contribution in [1.29, 1.82) is 0 Å². The quantitative estimate of drug-likeness (QED) is 0.616. The third-order valence-electron chi connectivity index (χ3n) is 3.13. The number of hydrogen-bond donors (Lipinski definition) is 2. The van der Waals surface area contributed by atoms with Crippen molar-refractivity contribution in [2.45, 2.75) is 38.5 Å². The molecule has 0 amide bonds. The first-order valence-electron chi connectivity index (χ1n) is 6.40. The molecule has 102 valence electrons. The van der Waals surface area contributed by atoms with Crippen LogP contribution < -0.4 is 11.3 Å². The molecule has 2 unspecified atom stereocenters. The van der Waals surface area contributed by atoms with Gasteiger partial charge >= 0.3 is 0 Å². The highest BCUT2D eigenvalue weighted by Crippen LogP contribution is 2.17.